The highest BCUT2D eigenvalue weighted by Gasteiger charge is 2.04. The smallest absolute Gasteiger partial charge is 0.137 e. The van der Waals surface area contributed by atoms with E-state index in [1.165, 1.54) is 0 Å². The van der Waals surface area contributed by atoms with E-state index in [0.29, 0.717) is 5.02 Å². The summed E-state index contributed by atoms with van der Waals surface area (Å²) in [7, 11) is 0. The van der Waals surface area contributed by atoms with Gasteiger partial charge in [0.15, 0.2) is 0 Å². The van der Waals surface area contributed by atoms with Gasteiger partial charge < -0.3 is 0 Å². The Balaban J connectivity index is 2.29. The highest BCUT2D eigenvalue weighted by Crippen LogP contribution is 2.21. The van der Waals surface area contributed by atoms with Gasteiger partial charge in [-0.2, -0.15) is 0 Å². The van der Waals surface area contributed by atoms with E-state index in [1.807, 2.05) is 47.1 Å². The van der Waals surface area contributed by atoms with Crippen LogP contribution in [0.25, 0.3) is 16.9 Å². The Morgan fingerprint density at radius 2 is 1.81 bits per heavy atom. The maximum absolute atomic E-state index is 5.99. The molecule has 0 saturated carbocycles. The summed E-state index contributed by atoms with van der Waals surface area (Å²) < 4.78 is 2.00. The molecule has 3 aromatic rings. The molecular formula is C13H9ClN2. The molecule has 2 aromatic heterocycles. The van der Waals surface area contributed by atoms with E-state index >= 15 is 0 Å². The van der Waals surface area contributed by atoms with Crippen molar-refractivity contribution in [2.45, 2.75) is 0 Å². The van der Waals surface area contributed by atoms with Crippen LogP contribution in [0.1, 0.15) is 0 Å². The van der Waals surface area contributed by atoms with E-state index in [1.54, 1.807) is 0 Å². The lowest BCUT2D eigenvalue weighted by atomic mass is 10.2. The lowest BCUT2D eigenvalue weighted by Crippen LogP contribution is -1.87. The van der Waals surface area contributed by atoms with Gasteiger partial charge in [0.2, 0.25) is 0 Å². The molecule has 3 rings (SSSR count). The molecule has 0 N–H and O–H groups in total. The molecule has 78 valence electrons. The van der Waals surface area contributed by atoms with Gasteiger partial charge >= 0.3 is 0 Å². The largest absolute Gasteiger partial charge is 0.298 e. The number of hydrogen-bond donors (Lipinski definition) is 0. The van der Waals surface area contributed by atoms with Crippen LogP contribution in [-0.2, 0) is 0 Å². The van der Waals surface area contributed by atoms with Crippen LogP contribution >= 0.6 is 11.6 Å². The minimum atomic E-state index is 0.711. The van der Waals surface area contributed by atoms with Crippen molar-refractivity contribution in [1.82, 2.24) is 9.38 Å². The second kappa shape index (κ2) is 3.65. The third-order valence-electron chi connectivity index (χ3n) is 2.54. The average molecular weight is 229 g/mol. The van der Waals surface area contributed by atoms with Gasteiger partial charge in [-0.05, 0) is 12.1 Å². The zero-order valence-corrected chi connectivity index (χ0v) is 9.22. The Morgan fingerprint density at radius 3 is 2.62 bits per heavy atom. The van der Waals surface area contributed by atoms with Gasteiger partial charge in [-0.3, -0.25) is 4.40 Å². The van der Waals surface area contributed by atoms with Crippen molar-refractivity contribution in [3.63, 3.8) is 0 Å². The van der Waals surface area contributed by atoms with Crippen LogP contribution < -0.4 is 0 Å². The van der Waals surface area contributed by atoms with Crippen LogP contribution in [0.15, 0.2) is 54.9 Å². The summed E-state index contributed by atoms with van der Waals surface area (Å²) in [5.74, 6) is 0. The number of imidazole rings is 1. The number of fused-ring (bicyclic) bond motifs is 1. The summed E-state index contributed by atoms with van der Waals surface area (Å²) in [6, 6.07) is 13.9. The summed E-state index contributed by atoms with van der Waals surface area (Å²) in [6.07, 6.45) is 3.74. The minimum Gasteiger partial charge on any atom is -0.298 e. The number of rotatable bonds is 1. The van der Waals surface area contributed by atoms with Crippen molar-refractivity contribution in [3.8, 4) is 11.3 Å². The van der Waals surface area contributed by atoms with Crippen LogP contribution in [0.5, 0.6) is 0 Å². The molecule has 0 unspecified atom stereocenters. The molecule has 0 atom stereocenters. The molecule has 0 fully saturated rings. The van der Waals surface area contributed by atoms with Crippen molar-refractivity contribution < 1.29 is 0 Å². The maximum Gasteiger partial charge on any atom is 0.137 e. The molecule has 0 bridgehead atoms. The van der Waals surface area contributed by atoms with Crippen LogP contribution in [0.2, 0.25) is 5.02 Å². The van der Waals surface area contributed by atoms with Gasteiger partial charge in [0.1, 0.15) is 5.65 Å². The summed E-state index contributed by atoms with van der Waals surface area (Å²) in [4.78, 5) is 4.34. The van der Waals surface area contributed by atoms with Crippen LogP contribution in [-0.4, -0.2) is 9.38 Å². The molecule has 2 heterocycles. The second-order valence-electron chi connectivity index (χ2n) is 3.58. The van der Waals surface area contributed by atoms with Gasteiger partial charge in [0.25, 0.3) is 0 Å². The van der Waals surface area contributed by atoms with E-state index in [-0.39, 0.29) is 0 Å². The molecule has 2 nitrogen and oxygen atoms in total. The van der Waals surface area contributed by atoms with E-state index in [4.69, 9.17) is 11.6 Å². The van der Waals surface area contributed by atoms with E-state index in [9.17, 15) is 0 Å². The molecule has 16 heavy (non-hydrogen) atoms. The lowest BCUT2D eigenvalue weighted by molar-refractivity contribution is 1.19. The van der Waals surface area contributed by atoms with Gasteiger partial charge in [0, 0.05) is 11.8 Å². The molecule has 0 aliphatic carbocycles. The second-order valence-corrected chi connectivity index (χ2v) is 4.02. The Hall–Kier alpha value is -1.80. The molecule has 1 aromatic carbocycles. The normalized spacial score (nSPS) is 10.8. The number of nitrogens with zero attached hydrogens (tertiary/aromatic N) is 2. The summed E-state index contributed by atoms with van der Waals surface area (Å²) in [5.41, 5.74) is 3.10. The molecule has 0 amide bonds. The summed E-state index contributed by atoms with van der Waals surface area (Å²) in [5, 5.41) is 0.711. The van der Waals surface area contributed by atoms with Gasteiger partial charge in [-0.25, -0.2) is 4.98 Å². The monoisotopic (exact) mass is 228 g/mol. The topological polar surface area (TPSA) is 17.3 Å². The van der Waals surface area contributed by atoms with Crippen molar-refractivity contribution >= 4 is 17.2 Å². The number of pyridine rings is 1. The van der Waals surface area contributed by atoms with Crippen molar-refractivity contribution in [2.75, 3.05) is 0 Å². The Labute approximate surface area is 98.1 Å². The Morgan fingerprint density at radius 1 is 1.00 bits per heavy atom. The standard InChI is InChI=1S/C13H9ClN2/c14-11-6-7-13-15-8-12(16(13)9-11)10-4-2-1-3-5-10/h1-9H. The molecule has 0 aliphatic rings. The average Bonchev–Trinajstić information content (AvgIpc) is 2.73. The van der Waals surface area contributed by atoms with Gasteiger partial charge in [0.05, 0.1) is 16.9 Å². The SMILES string of the molecule is Clc1ccc2ncc(-c3ccccc3)n2c1. The van der Waals surface area contributed by atoms with Crippen molar-refractivity contribution in [2.24, 2.45) is 0 Å². The first-order valence-electron chi connectivity index (χ1n) is 5.02. The molecule has 0 radical (unpaired) electrons. The minimum absolute atomic E-state index is 0.711. The van der Waals surface area contributed by atoms with Crippen molar-refractivity contribution in [3.05, 3.63) is 59.9 Å². The first kappa shape index (κ1) is 9.43. The third kappa shape index (κ3) is 1.48. The number of hydrogen-bond acceptors (Lipinski definition) is 1. The quantitative estimate of drug-likeness (QED) is 0.621. The van der Waals surface area contributed by atoms with E-state index in [0.717, 1.165) is 16.9 Å². The molecule has 0 saturated heterocycles. The van der Waals surface area contributed by atoms with Crippen molar-refractivity contribution in [1.29, 1.82) is 0 Å². The predicted molar refractivity (Wildman–Crippen MR) is 65.6 cm³/mol. The zero-order chi connectivity index (χ0) is 11.0. The summed E-state index contributed by atoms with van der Waals surface area (Å²) in [6.45, 7) is 0. The number of aromatic nitrogens is 2. The fraction of sp³-hybridized carbons (Fsp3) is 0. The Bertz CT molecular complexity index is 629. The van der Waals surface area contributed by atoms with Crippen LogP contribution in [0, 0.1) is 0 Å². The predicted octanol–water partition coefficient (Wildman–Crippen LogP) is 3.65. The summed E-state index contributed by atoms with van der Waals surface area (Å²) >= 11 is 5.99. The van der Waals surface area contributed by atoms with E-state index in [2.05, 4.69) is 17.1 Å². The number of halogens is 1. The highest BCUT2D eigenvalue weighted by molar-refractivity contribution is 6.30. The first-order chi connectivity index (χ1) is 7.84. The fourth-order valence-electron chi connectivity index (χ4n) is 1.78. The maximum atomic E-state index is 5.99. The fourth-order valence-corrected chi connectivity index (χ4v) is 1.94. The molecule has 3 heteroatoms. The first-order valence-corrected chi connectivity index (χ1v) is 5.40. The van der Waals surface area contributed by atoms with E-state index < -0.39 is 0 Å². The molecule has 0 spiro atoms. The Kier molecular flexibility index (Phi) is 2.15. The molecular weight excluding hydrogens is 220 g/mol. The van der Waals surface area contributed by atoms with Gasteiger partial charge in [-0.1, -0.05) is 41.9 Å². The third-order valence-corrected chi connectivity index (χ3v) is 2.76. The van der Waals surface area contributed by atoms with Gasteiger partial charge in [-0.15, -0.1) is 0 Å². The molecule has 0 aliphatic heterocycles. The van der Waals surface area contributed by atoms with Crippen LogP contribution in [0.3, 0.4) is 0 Å². The lowest BCUT2D eigenvalue weighted by Gasteiger charge is -2.01. The number of benzene rings is 1. The van der Waals surface area contributed by atoms with Crippen LogP contribution in [0.4, 0.5) is 0 Å². The zero-order valence-electron chi connectivity index (χ0n) is 8.47. The highest BCUT2D eigenvalue weighted by atomic mass is 35.5.